The zero-order valence-corrected chi connectivity index (χ0v) is 22.7. The molecule has 0 saturated carbocycles. The lowest BCUT2D eigenvalue weighted by atomic mass is 10.0. The van der Waals surface area contributed by atoms with E-state index in [-0.39, 0.29) is 17.8 Å². The highest BCUT2D eigenvalue weighted by Gasteiger charge is 2.41. The first-order valence-corrected chi connectivity index (χ1v) is 14.0. The number of alkyl halides is 3. The first-order valence-electron chi connectivity index (χ1n) is 12.2. The van der Waals surface area contributed by atoms with Crippen molar-refractivity contribution in [3.63, 3.8) is 0 Å². The van der Waals surface area contributed by atoms with E-state index in [9.17, 15) is 31.2 Å². The second kappa shape index (κ2) is 11.7. The summed E-state index contributed by atoms with van der Waals surface area (Å²) in [6.07, 6.45) is -3.09. The fourth-order valence-electron chi connectivity index (χ4n) is 4.04. The van der Waals surface area contributed by atoms with E-state index in [2.05, 4.69) is 5.10 Å². The minimum atomic E-state index is -5.36. The lowest BCUT2D eigenvalue weighted by Gasteiger charge is -2.13. The standard InChI is InChI=1S/C27H24ClF3N4O4S/c1-2-3-12-24-32-35(22-10-6-5-9-21(22)28)26(37)34(24)17-18-13-15-19(16-14-18)20-8-4-7-11-23(20)40(38,39)33-25(36)27(29,30)31/h4-11,13-16H,2-3,12,17H2,1H3,(H,33,36). The smallest absolute Gasteiger partial charge is 0.274 e. The maximum absolute atomic E-state index is 13.3. The number of benzene rings is 3. The molecule has 0 aliphatic heterocycles. The molecule has 0 bridgehead atoms. The fourth-order valence-corrected chi connectivity index (χ4v) is 5.46. The van der Waals surface area contributed by atoms with Gasteiger partial charge in [-0.05, 0) is 35.7 Å². The lowest BCUT2D eigenvalue weighted by molar-refractivity contribution is -0.171. The van der Waals surface area contributed by atoms with Crippen LogP contribution in [-0.4, -0.2) is 34.8 Å². The fraction of sp³-hybridized carbons (Fsp3) is 0.222. The highest BCUT2D eigenvalue weighted by molar-refractivity contribution is 7.90. The van der Waals surface area contributed by atoms with Gasteiger partial charge in [-0.3, -0.25) is 9.36 Å². The van der Waals surface area contributed by atoms with Gasteiger partial charge in [-0.1, -0.05) is 79.5 Å². The molecule has 1 aromatic heterocycles. The molecule has 8 nitrogen and oxygen atoms in total. The van der Waals surface area contributed by atoms with Gasteiger partial charge in [0.05, 0.1) is 22.2 Å². The predicted molar refractivity (Wildman–Crippen MR) is 144 cm³/mol. The van der Waals surface area contributed by atoms with Gasteiger partial charge in [0.15, 0.2) is 0 Å². The van der Waals surface area contributed by atoms with Crippen LogP contribution in [0, 0.1) is 0 Å². The van der Waals surface area contributed by atoms with Crippen LogP contribution >= 0.6 is 11.6 Å². The average molecular weight is 593 g/mol. The monoisotopic (exact) mass is 592 g/mol. The van der Waals surface area contributed by atoms with Crippen LogP contribution in [0.15, 0.2) is 82.5 Å². The molecule has 4 aromatic rings. The largest absolute Gasteiger partial charge is 0.472 e. The number of hydrogen-bond acceptors (Lipinski definition) is 5. The minimum absolute atomic E-state index is 0.101. The Kier molecular flexibility index (Phi) is 8.50. The van der Waals surface area contributed by atoms with Crippen LogP contribution in [-0.2, 0) is 27.8 Å². The van der Waals surface area contributed by atoms with E-state index in [0.717, 1.165) is 23.6 Å². The molecule has 0 spiro atoms. The summed E-state index contributed by atoms with van der Waals surface area (Å²) in [6.45, 7) is 2.20. The molecule has 0 unspecified atom stereocenters. The number of sulfonamides is 1. The highest BCUT2D eigenvalue weighted by atomic mass is 35.5. The highest BCUT2D eigenvalue weighted by Crippen LogP contribution is 2.28. The number of rotatable bonds is 9. The number of hydrogen-bond donors (Lipinski definition) is 1. The van der Waals surface area contributed by atoms with Gasteiger partial charge >= 0.3 is 17.8 Å². The SMILES string of the molecule is CCCCc1nn(-c2ccccc2Cl)c(=O)n1Cc1ccc(-c2ccccc2S(=O)(=O)NC(=O)C(F)(F)F)cc1. The quantitative estimate of drug-likeness (QED) is 0.291. The third kappa shape index (κ3) is 6.28. The number of carbonyl (C=O) groups is 1. The van der Waals surface area contributed by atoms with Crippen molar-refractivity contribution in [1.29, 1.82) is 0 Å². The number of aromatic nitrogens is 3. The molecule has 1 amide bonds. The number of nitrogens with zero attached hydrogens (tertiary/aromatic N) is 3. The Morgan fingerprint density at radius 2 is 1.65 bits per heavy atom. The molecule has 0 radical (unpaired) electrons. The van der Waals surface area contributed by atoms with Crippen molar-refractivity contribution >= 4 is 27.5 Å². The van der Waals surface area contributed by atoms with E-state index in [1.807, 2.05) is 6.92 Å². The van der Waals surface area contributed by atoms with E-state index < -0.39 is 27.0 Å². The molecule has 3 aromatic carbocycles. The molecule has 0 aliphatic rings. The van der Waals surface area contributed by atoms with Crippen LogP contribution in [0.1, 0.15) is 31.2 Å². The number of para-hydroxylation sites is 1. The topological polar surface area (TPSA) is 103 Å². The summed E-state index contributed by atoms with van der Waals surface area (Å²) >= 11 is 6.30. The Balaban J connectivity index is 1.66. The molecular weight excluding hydrogens is 569 g/mol. The second-order valence-electron chi connectivity index (χ2n) is 8.88. The van der Waals surface area contributed by atoms with Crippen molar-refractivity contribution in [3.8, 4) is 16.8 Å². The Morgan fingerprint density at radius 1 is 1.00 bits per heavy atom. The Bertz CT molecular complexity index is 1700. The lowest BCUT2D eigenvalue weighted by Crippen LogP contribution is -2.40. The third-order valence-electron chi connectivity index (χ3n) is 6.04. The van der Waals surface area contributed by atoms with Gasteiger partial charge < -0.3 is 0 Å². The zero-order chi connectivity index (χ0) is 29.1. The van der Waals surface area contributed by atoms with E-state index in [4.69, 9.17) is 11.6 Å². The predicted octanol–water partition coefficient (Wildman–Crippen LogP) is 5.11. The van der Waals surface area contributed by atoms with E-state index in [0.29, 0.717) is 34.1 Å². The Hall–Kier alpha value is -3.90. The number of unbranched alkanes of at least 4 members (excludes halogenated alkanes) is 1. The number of aryl methyl sites for hydroxylation is 1. The van der Waals surface area contributed by atoms with Gasteiger partial charge in [-0.15, -0.1) is 5.10 Å². The van der Waals surface area contributed by atoms with Crippen LogP contribution < -0.4 is 10.4 Å². The van der Waals surface area contributed by atoms with Crippen molar-refractivity contribution in [2.45, 2.75) is 43.8 Å². The van der Waals surface area contributed by atoms with E-state index in [1.165, 1.54) is 22.9 Å². The molecule has 0 saturated heterocycles. The number of halogens is 4. The average Bonchev–Trinajstić information content (AvgIpc) is 3.22. The van der Waals surface area contributed by atoms with Gasteiger partial charge in [0.25, 0.3) is 10.0 Å². The van der Waals surface area contributed by atoms with Crippen LogP contribution in [0.2, 0.25) is 5.02 Å². The van der Waals surface area contributed by atoms with Crippen molar-refractivity contribution in [2.75, 3.05) is 0 Å². The molecular formula is C27H24ClF3N4O4S. The number of carbonyl (C=O) groups excluding carboxylic acids is 1. The summed E-state index contributed by atoms with van der Waals surface area (Å²) in [7, 11) is -4.81. The maximum Gasteiger partial charge on any atom is 0.472 e. The first kappa shape index (κ1) is 29.1. The Labute approximate surface area is 233 Å². The normalized spacial score (nSPS) is 11.9. The molecule has 13 heteroatoms. The first-order chi connectivity index (χ1) is 18.9. The van der Waals surface area contributed by atoms with Gasteiger partial charge in [0.1, 0.15) is 5.82 Å². The third-order valence-corrected chi connectivity index (χ3v) is 7.75. The van der Waals surface area contributed by atoms with Gasteiger partial charge in [-0.25, -0.2) is 17.9 Å². The molecule has 4 rings (SSSR count). The summed E-state index contributed by atoms with van der Waals surface area (Å²) in [5.41, 5.74) is 1.27. The second-order valence-corrected chi connectivity index (χ2v) is 10.9. The molecule has 1 heterocycles. The zero-order valence-electron chi connectivity index (χ0n) is 21.2. The maximum atomic E-state index is 13.3. The molecule has 0 fully saturated rings. The van der Waals surface area contributed by atoms with Crippen LogP contribution in [0.5, 0.6) is 0 Å². The molecule has 40 heavy (non-hydrogen) atoms. The summed E-state index contributed by atoms with van der Waals surface area (Å²) < 4.78 is 67.1. The Morgan fingerprint density at radius 3 is 2.30 bits per heavy atom. The van der Waals surface area contributed by atoms with Crippen molar-refractivity contribution in [2.24, 2.45) is 0 Å². The van der Waals surface area contributed by atoms with Crippen molar-refractivity contribution in [3.05, 3.63) is 99.7 Å². The number of amides is 1. The van der Waals surface area contributed by atoms with E-state index in [1.54, 1.807) is 53.1 Å². The number of nitrogens with one attached hydrogen (secondary N) is 1. The minimum Gasteiger partial charge on any atom is -0.274 e. The van der Waals surface area contributed by atoms with Crippen LogP contribution in [0.25, 0.3) is 16.8 Å². The van der Waals surface area contributed by atoms with E-state index >= 15 is 0 Å². The summed E-state index contributed by atoms with van der Waals surface area (Å²) in [6, 6.07) is 18.8. The van der Waals surface area contributed by atoms with Crippen LogP contribution in [0.4, 0.5) is 13.2 Å². The molecule has 0 atom stereocenters. The van der Waals surface area contributed by atoms with Crippen molar-refractivity contribution in [1.82, 2.24) is 19.1 Å². The van der Waals surface area contributed by atoms with Gasteiger partial charge in [-0.2, -0.15) is 17.9 Å². The summed E-state index contributed by atoms with van der Waals surface area (Å²) in [5, 5.41) is 4.90. The van der Waals surface area contributed by atoms with Gasteiger partial charge in [0.2, 0.25) is 0 Å². The van der Waals surface area contributed by atoms with Crippen LogP contribution in [0.3, 0.4) is 0 Å². The molecule has 210 valence electrons. The summed E-state index contributed by atoms with van der Waals surface area (Å²) in [4.78, 5) is 24.1. The van der Waals surface area contributed by atoms with Crippen molar-refractivity contribution < 1.29 is 26.4 Å². The van der Waals surface area contributed by atoms with Gasteiger partial charge in [0, 0.05) is 12.0 Å². The molecule has 0 aliphatic carbocycles. The molecule has 1 N–H and O–H groups in total. The summed E-state index contributed by atoms with van der Waals surface area (Å²) in [5.74, 6) is -2.01.